The first-order valence-corrected chi connectivity index (χ1v) is 3.27. The lowest BCUT2D eigenvalue weighted by Crippen LogP contribution is -1.96. The molecule has 0 saturated heterocycles. The van der Waals surface area contributed by atoms with Crippen molar-refractivity contribution in [3.63, 3.8) is 0 Å². The molecule has 0 aliphatic rings. The topological polar surface area (TPSA) is 61.8 Å². The third kappa shape index (κ3) is 1.38. The fraction of sp³-hybridized carbons (Fsp3) is 0.429. The number of aliphatic hydroxyl groups is 1. The average molecular weight is 151 g/mol. The molecule has 1 rings (SSSR count). The molecule has 0 saturated carbocycles. The number of nitrogens with zero attached hydrogens (tertiary/aromatic N) is 3. The molecule has 4 nitrogen and oxygen atoms in total. The van der Waals surface area contributed by atoms with Crippen LogP contribution in [0.2, 0.25) is 0 Å². The van der Waals surface area contributed by atoms with Crippen LogP contribution in [-0.4, -0.2) is 14.9 Å². The molecule has 1 unspecified atom stereocenters. The minimum Gasteiger partial charge on any atom is -0.387 e. The number of rotatable bonds is 1. The molecule has 0 amide bonds. The van der Waals surface area contributed by atoms with Crippen molar-refractivity contribution >= 4 is 0 Å². The summed E-state index contributed by atoms with van der Waals surface area (Å²) >= 11 is 0. The maximum absolute atomic E-state index is 9.07. The largest absolute Gasteiger partial charge is 0.387 e. The maximum atomic E-state index is 9.07. The molecule has 1 aromatic rings. The zero-order chi connectivity index (χ0) is 8.43. The molecule has 0 spiro atoms. The molecule has 1 aromatic heterocycles. The monoisotopic (exact) mass is 151 g/mol. The van der Waals surface area contributed by atoms with E-state index < -0.39 is 6.10 Å². The van der Waals surface area contributed by atoms with Crippen LogP contribution in [0, 0.1) is 11.3 Å². The fourth-order valence-corrected chi connectivity index (χ4v) is 0.798. The van der Waals surface area contributed by atoms with Gasteiger partial charge in [-0.15, -0.1) is 0 Å². The summed E-state index contributed by atoms with van der Waals surface area (Å²) in [7, 11) is 1.67. The summed E-state index contributed by atoms with van der Waals surface area (Å²) in [4.78, 5) is 0. The van der Waals surface area contributed by atoms with E-state index in [0.29, 0.717) is 11.4 Å². The van der Waals surface area contributed by atoms with Gasteiger partial charge in [-0.25, -0.2) is 0 Å². The molecule has 0 aromatic carbocycles. The van der Waals surface area contributed by atoms with Gasteiger partial charge >= 0.3 is 0 Å². The highest BCUT2D eigenvalue weighted by molar-refractivity contribution is 5.23. The summed E-state index contributed by atoms with van der Waals surface area (Å²) in [5.74, 6) is 0. The van der Waals surface area contributed by atoms with Gasteiger partial charge in [0.15, 0.2) is 0 Å². The van der Waals surface area contributed by atoms with Gasteiger partial charge in [-0.2, -0.15) is 10.4 Å². The molecule has 1 N–H and O–H groups in total. The third-order valence-electron chi connectivity index (χ3n) is 1.44. The SMILES string of the molecule is CC(O)c1cc(C#N)n(C)n1. The first kappa shape index (κ1) is 7.76. The number of hydrogen-bond acceptors (Lipinski definition) is 3. The lowest BCUT2D eigenvalue weighted by atomic mass is 10.3. The molecule has 0 aliphatic carbocycles. The van der Waals surface area contributed by atoms with Crippen LogP contribution in [0.1, 0.15) is 24.4 Å². The zero-order valence-corrected chi connectivity index (χ0v) is 6.44. The van der Waals surface area contributed by atoms with Gasteiger partial charge in [0, 0.05) is 13.1 Å². The van der Waals surface area contributed by atoms with Gasteiger partial charge in [-0.3, -0.25) is 4.68 Å². The highest BCUT2D eigenvalue weighted by atomic mass is 16.3. The molecule has 11 heavy (non-hydrogen) atoms. The Morgan fingerprint density at radius 2 is 2.45 bits per heavy atom. The summed E-state index contributed by atoms with van der Waals surface area (Å²) < 4.78 is 1.45. The van der Waals surface area contributed by atoms with Crippen molar-refractivity contribution in [3.05, 3.63) is 17.5 Å². The zero-order valence-electron chi connectivity index (χ0n) is 6.44. The van der Waals surface area contributed by atoms with Gasteiger partial charge in [0.05, 0.1) is 11.8 Å². The lowest BCUT2D eigenvalue weighted by molar-refractivity contribution is 0.193. The highest BCUT2D eigenvalue weighted by Crippen LogP contribution is 2.10. The van der Waals surface area contributed by atoms with E-state index in [-0.39, 0.29) is 0 Å². The van der Waals surface area contributed by atoms with Crippen LogP contribution in [0.3, 0.4) is 0 Å². The van der Waals surface area contributed by atoms with Crippen molar-refractivity contribution in [2.24, 2.45) is 7.05 Å². The molecule has 58 valence electrons. The summed E-state index contributed by atoms with van der Waals surface area (Å²) in [6.07, 6.45) is -0.608. The summed E-state index contributed by atoms with van der Waals surface area (Å²) in [6, 6.07) is 3.53. The molecule has 0 fully saturated rings. The van der Waals surface area contributed by atoms with Crippen molar-refractivity contribution in [3.8, 4) is 6.07 Å². The number of nitriles is 1. The minimum atomic E-state index is -0.608. The van der Waals surface area contributed by atoms with Crippen molar-refractivity contribution in [2.75, 3.05) is 0 Å². The second-order valence-corrected chi connectivity index (χ2v) is 2.37. The van der Waals surface area contributed by atoms with Crippen LogP contribution in [0.4, 0.5) is 0 Å². The maximum Gasteiger partial charge on any atom is 0.138 e. The number of aliphatic hydroxyl groups excluding tert-OH is 1. The predicted molar refractivity (Wildman–Crippen MR) is 38.6 cm³/mol. The van der Waals surface area contributed by atoms with E-state index in [9.17, 15) is 0 Å². The van der Waals surface area contributed by atoms with Gasteiger partial charge in [0.2, 0.25) is 0 Å². The third-order valence-corrected chi connectivity index (χ3v) is 1.44. The first-order valence-electron chi connectivity index (χ1n) is 3.27. The number of hydrogen-bond donors (Lipinski definition) is 1. The Kier molecular flexibility index (Phi) is 1.92. The van der Waals surface area contributed by atoms with Crippen molar-refractivity contribution < 1.29 is 5.11 Å². The van der Waals surface area contributed by atoms with Crippen LogP contribution in [0.25, 0.3) is 0 Å². The Morgan fingerprint density at radius 3 is 2.73 bits per heavy atom. The highest BCUT2D eigenvalue weighted by Gasteiger charge is 2.07. The predicted octanol–water partition coefficient (Wildman–Crippen LogP) is 0.345. The molecular formula is C7H9N3O. The van der Waals surface area contributed by atoms with E-state index in [1.54, 1.807) is 20.0 Å². The van der Waals surface area contributed by atoms with Crippen molar-refractivity contribution in [1.82, 2.24) is 9.78 Å². The van der Waals surface area contributed by atoms with E-state index in [1.807, 2.05) is 6.07 Å². The average Bonchev–Trinajstić information content (AvgIpc) is 2.31. The lowest BCUT2D eigenvalue weighted by Gasteiger charge is -1.95. The number of aromatic nitrogens is 2. The Hall–Kier alpha value is -1.34. The standard InChI is InChI=1S/C7H9N3O/c1-5(11)7-3-6(4-8)10(2)9-7/h3,5,11H,1-2H3. The van der Waals surface area contributed by atoms with Gasteiger partial charge in [0.25, 0.3) is 0 Å². The van der Waals surface area contributed by atoms with E-state index in [2.05, 4.69) is 5.10 Å². The Bertz CT molecular complexity index is 295. The summed E-state index contributed by atoms with van der Waals surface area (Å²) in [5, 5.41) is 21.5. The smallest absolute Gasteiger partial charge is 0.138 e. The first-order chi connectivity index (χ1) is 5.15. The van der Waals surface area contributed by atoms with E-state index >= 15 is 0 Å². The normalized spacial score (nSPS) is 12.5. The van der Waals surface area contributed by atoms with Crippen LogP contribution in [0.5, 0.6) is 0 Å². The molecule has 1 atom stereocenters. The second kappa shape index (κ2) is 2.72. The molecule has 0 aliphatic heterocycles. The van der Waals surface area contributed by atoms with Crippen LogP contribution in [0.15, 0.2) is 6.07 Å². The van der Waals surface area contributed by atoms with Gasteiger partial charge < -0.3 is 5.11 Å². The summed E-state index contributed by atoms with van der Waals surface area (Å²) in [6.45, 7) is 1.61. The molecule has 1 heterocycles. The quantitative estimate of drug-likeness (QED) is 0.629. The van der Waals surface area contributed by atoms with Crippen molar-refractivity contribution in [1.29, 1.82) is 5.26 Å². The summed E-state index contributed by atoms with van der Waals surface area (Å²) in [5.41, 5.74) is 0.991. The van der Waals surface area contributed by atoms with E-state index in [1.165, 1.54) is 4.68 Å². The van der Waals surface area contributed by atoms with Crippen LogP contribution >= 0.6 is 0 Å². The minimum absolute atomic E-state index is 0.459. The van der Waals surface area contributed by atoms with E-state index in [0.717, 1.165) is 0 Å². The van der Waals surface area contributed by atoms with Crippen LogP contribution < -0.4 is 0 Å². The Labute approximate surface area is 64.7 Å². The van der Waals surface area contributed by atoms with Crippen molar-refractivity contribution in [2.45, 2.75) is 13.0 Å². The number of aryl methyl sites for hydroxylation is 1. The fourth-order valence-electron chi connectivity index (χ4n) is 0.798. The molecule has 0 radical (unpaired) electrons. The molecular weight excluding hydrogens is 142 g/mol. The Balaban J connectivity index is 3.07. The van der Waals surface area contributed by atoms with Gasteiger partial charge in [0.1, 0.15) is 11.8 Å². The molecule has 0 bridgehead atoms. The van der Waals surface area contributed by atoms with Crippen LogP contribution in [-0.2, 0) is 7.05 Å². The molecule has 4 heteroatoms. The van der Waals surface area contributed by atoms with Gasteiger partial charge in [-0.1, -0.05) is 0 Å². The Morgan fingerprint density at radius 1 is 1.82 bits per heavy atom. The van der Waals surface area contributed by atoms with E-state index in [4.69, 9.17) is 10.4 Å². The van der Waals surface area contributed by atoms with Gasteiger partial charge in [-0.05, 0) is 6.92 Å². The second-order valence-electron chi connectivity index (χ2n) is 2.37.